The maximum Gasteiger partial charge on any atom is 0.302 e. The van der Waals surface area contributed by atoms with Crippen molar-refractivity contribution in [2.45, 2.75) is 123 Å². The van der Waals surface area contributed by atoms with E-state index in [1.165, 1.54) is 96.8 Å². The second-order valence-electron chi connectivity index (χ2n) is 11.2. The van der Waals surface area contributed by atoms with Crippen molar-refractivity contribution < 1.29 is 37.3 Å². The minimum Gasteiger partial charge on any atom is -0.756 e. The molecule has 0 aliphatic rings. The molecule has 37 heavy (non-hydrogen) atoms. The number of likely N-dealkylation sites (N-methyl/N-ethyl adjacent to an activating group) is 1. The Morgan fingerprint density at radius 3 is 1.62 bits per heavy atom. The van der Waals surface area contributed by atoms with Crippen LogP contribution in [0.1, 0.15) is 117 Å². The van der Waals surface area contributed by atoms with Gasteiger partial charge in [0.2, 0.25) is 0 Å². The summed E-state index contributed by atoms with van der Waals surface area (Å²) in [5.74, 6) is -0.444. The molecular formula is C28H58NO7P. The average molecular weight is 552 g/mol. The van der Waals surface area contributed by atoms with E-state index in [0.29, 0.717) is 17.6 Å². The first-order valence-electron chi connectivity index (χ1n) is 14.7. The highest BCUT2D eigenvalue weighted by molar-refractivity contribution is 7.45. The normalized spacial score (nSPS) is 14.4. The largest absolute Gasteiger partial charge is 0.756 e. The van der Waals surface area contributed by atoms with Gasteiger partial charge in [-0.3, -0.25) is 9.36 Å². The molecule has 0 saturated carbocycles. The molecular weight excluding hydrogens is 493 g/mol. The van der Waals surface area contributed by atoms with Crippen LogP contribution in [-0.2, 0) is 27.9 Å². The Labute approximate surface area is 228 Å². The number of ether oxygens (including phenoxy) is 2. The van der Waals surface area contributed by atoms with Crippen molar-refractivity contribution in [1.29, 1.82) is 0 Å². The fourth-order valence-electron chi connectivity index (χ4n) is 3.89. The zero-order chi connectivity index (χ0) is 27.8. The molecule has 0 amide bonds. The molecule has 2 atom stereocenters. The van der Waals surface area contributed by atoms with Gasteiger partial charge in [0.1, 0.15) is 25.9 Å². The summed E-state index contributed by atoms with van der Waals surface area (Å²) < 4.78 is 33.2. The van der Waals surface area contributed by atoms with E-state index in [1.807, 2.05) is 21.1 Å². The van der Waals surface area contributed by atoms with Crippen molar-refractivity contribution in [1.82, 2.24) is 0 Å². The third-order valence-electron chi connectivity index (χ3n) is 6.25. The van der Waals surface area contributed by atoms with Crippen LogP contribution in [0.15, 0.2) is 0 Å². The molecule has 0 saturated heterocycles. The van der Waals surface area contributed by atoms with Crippen LogP contribution < -0.4 is 4.89 Å². The highest BCUT2D eigenvalue weighted by Gasteiger charge is 2.18. The molecule has 0 radical (unpaired) electrons. The summed E-state index contributed by atoms with van der Waals surface area (Å²) in [5.41, 5.74) is 0. The minimum atomic E-state index is -4.44. The van der Waals surface area contributed by atoms with Gasteiger partial charge in [0.05, 0.1) is 27.7 Å². The number of rotatable bonds is 27. The first-order chi connectivity index (χ1) is 17.6. The summed E-state index contributed by atoms with van der Waals surface area (Å²) >= 11 is 0. The van der Waals surface area contributed by atoms with Gasteiger partial charge >= 0.3 is 5.97 Å². The summed E-state index contributed by atoms with van der Waals surface area (Å²) in [6.45, 7) is 4.33. The van der Waals surface area contributed by atoms with Gasteiger partial charge in [0, 0.05) is 13.5 Å². The molecule has 0 aliphatic carbocycles. The predicted molar refractivity (Wildman–Crippen MR) is 148 cm³/mol. The maximum absolute atomic E-state index is 12.0. The van der Waals surface area contributed by atoms with Gasteiger partial charge in [-0.25, -0.2) is 0 Å². The molecule has 0 fully saturated rings. The summed E-state index contributed by atoms with van der Waals surface area (Å²) in [6, 6.07) is 0. The van der Waals surface area contributed by atoms with Crippen LogP contribution in [0, 0.1) is 0 Å². The summed E-state index contributed by atoms with van der Waals surface area (Å²) in [6.07, 6.45) is 20.1. The van der Waals surface area contributed by atoms with Gasteiger partial charge in [-0.15, -0.1) is 0 Å². The lowest BCUT2D eigenvalue weighted by Crippen LogP contribution is -2.37. The van der Waals surface area contributed by atoms with E-state index >= 15 is 0 Å². The SMILES string of the molecule is CCCCCCCCCCCCCCCCCCOC(COC(C)=O)COP(=O)([O-])OCC[N+](C)(C)C. The summed E-state index contributed by atoms with van der Waals surface area (Å²) in [7, 11) is 1.40. The van der Waals surface area contributed by atoms with Crippen molar-refractivity contribution in [3.05, 3.63) is 0 Å². The number of phosphoric acid groups is 1. The van der Waals surface area contributed by atoms with Crippen LogP contribution in [0.5, 0.6) is 0 Å². The molecule has 222 valence electrons. The van der Waals surface area contributed by atoms with Crippen molar-refractivity contribution in [2.75, 3.05) is 54.1 Å². The van der Waals surface area contributed by atoms with Crippen molar-refractivity contribution >= 4 is 13.8 Å². The van der Waals surface area contributed by atoms with E-state index in [-0.39, 0.29) is 19.8 Å². The number of carbonyl (C=O) groups excluding carboxylic acids is 1. The maximum atomic E-state index is 12.0. The molecule has 0 aromatic carbocycles. The Hall–Kier alpha value is -0.500. The molecule has 0 bridgehead atoms. The van der Waals surface area contributed by atoms with Gasteiger partial charge in [0.15, 0.2) is 0 Å². The van der Waals surface area contributed by atoms with Gasteiger partial charge in [0.25, 0.3) is 7.82 Å². The van der Waals surface area contributed by atoms with E-state index in [1.54, 1.807) is 0 Å². The molecule has 8 nitrogen and oxygen atoms in total. The summed E-state index contributed by atoms with van der Waals surface area (Å²) in [5, 5.41) is 0. The molecule has 0 heterocycles. The number of hydrogen-bond acceptors (Lipinski definition) is 7. The minimum absolute atomic E-state index is 0.0406. The summed E-state index contributed by atoms with van der Waals surface area (Å²) in [4.78, 5) is 23.2. The zero-order valence-corrected chi connectivity index (χ0v) is 25.6. The first-order valence-corrected chi connectivity index (χ1v) is 16.2. The van der Waals surface area contributed by atoms with Crippen LogP contribution in [0.3, 0.4) is 0 Å². The standard InChI is InChI=1S/C28H58NO7P/c1-6-7-8-9-10-11-12-13-14-15-16-17-18-19-20-21-23-33-28(25-34-27(2)30)26-36-37(31,32)35-24-22-29(3,4)5/h28H,6-26H2,1-5H3. The second-order valence-corrected chi connectivity index (χ2v) is 12.6. The number of hydrogen-bond donors (Lipinski definition) is 0. The lowest BCUT2D eigenvalue weighted by Gasteiger charge is -2.28. The fraction of sp³-hybridized carbons (Fsp3) is 0.964. The lowest BCUT2D eigenvalue weighted by molar-refractivity contribution is -0.870. The number of phosphoric ester groups is 1. The molecule has 0 aromatic rings. The van der Waals surface area contributed by atoms with Gasteiger partial charge < -0.3 is 27.9 Å². The fourth-order valence-corrected chi connectivity index (χ4v) is 4.62. The van der Waals surface area contributed by atoms with E-state index in [9.17, 15) is 14.3 Å². The van der Waals surface area contributed by atoms with Gasteiger partial charge in [-0.05, 0) is 6.42 Å². The zero-order valence-electron chi connectivity index (χ0n) is 24.7. The Balaban J connectivity index is 3.82. The van der Waals surface area contributed by atoms with Gasteiger partial charge in [-0.2, -0.15) is 0 Å². The van der Waals surface area contributed by atoms with Crippen molar-refractivity contribution in [3.8, 4) is 0 Å². The smallest absolute Gasteiger partial charge is 0.302 e. The molecule has 0 aliphatic heterocycles. The van der Waals surface area contributed by atoms with E-state index in [4.69, 9.17) is 18.5 Å². The predicted octanol–water partition coefficient (Wildman–Crippen LogP) is 6.40. The second kappa shape index (κ2) is 23.4. The van der Waals surface area contributed by atoms with E-state index in [2.05, 4.69) is 6.92 Å². The molecule has 0 N–H and O–H groups in total. The Kier molecular flexibility index (Phi) is 23.1. The number of carbonyl (C=O) groups is 1. The monoisotopic (exact) mass is 551 g/mol. The van der Waals surface area contributed by atoms with Crippen molar-refractivity contribution in [3.63, 3.8) is 0 Å². The third kappa shape index (κ3) is 28.3. The lowest BCUT2D eigenvalue weighted by atomic mass is 10.0. The third-order valence-corrected chi connectivity index (χ3v) is 7.22. The van der Waals surface area contributed by atoms with Crippen LogP contribution in [0.25, 0.3) is 0 Å². The van der Waals surface area contributed by atoms with E-state index < -0.39 is 19.9 Å². The van der Waals surface area contributed by atoms with Crippen LogP contribution in [-0.4, -0.2) is 70.7 Å². The Morgan fingerprint density at radius 2 is 1.19 bits per heavy atom. The first kappa shape index (κ1) is 36.5. The molecule has 2 unspecified atom stereocenters. The van der Waals surface area contributed by atoms with Gasteiger partial charge in [-0.1, -0.05) is 103 Å². The number of unbranched alkanes of at least 4 members (excludes halogenated alkanes) is 15. The molecule has 0 spiro atoms. The number of quaternary nitrogens is 1. The van der Waals surface area contributed by atoms with Crippen molar-refractivity contribution in [2.24, 2.45) is 0 Å². The molecule has 0 aromatic heterocycles. The number of esters is 1. The van der Waals surface area contributed by atoms with Crippen LogP contribution in [0.2, 0.25) is 0 Å². The van der Waals surface area contributed by atoms with Crippen LogP contribution in [0.4, 0.5) is 0 Å². The molecule has 9 heteroatoms. The number of nitrogens with zero attached hydrogens (tertiary/aromatic N) is 1. The topological polar surface area (TPSA) is 94.1 Å². The molecule has 0 rings (SSSR count). The van der Waals surface area contributed by atoms with E-state index in [0.717, 1.165) is 12.8 Å². The van der Waals surface area contributed by atoms with Crippen LogP contribution >= 0.6 is 7.82 Å². The average Bonchev–Trinajstić information content (AvgIpc) is 2.81. The Bertz CT molecular complexity index is 583. The quantitative estimate of drug-likeness (QED) is 0.0504. The Morgan fingerprint density at radius 1 is 0.730 bits per heavy atom. The highest BCUT2D eigenvalue weighted by Crippen LogP contribution is 2.38. The highest BCUT2D eigenvalue weighted by atomic mass is 31.2.